The van der Waals surface area contributed by atoms with Crippen molar-refractivity contribution in [2.45, 2.75) is 5.79 Å². The van der Waals surface area contributed by atoms with Crippen molar-refractivity contribution in [3.63, 3.8) is 0 Å². The largest absolute Gasteiger partial charge is 0.384 e. The minimum Gasteiger partial charge on any atom is -0.379 e. The lowest BCUT2D eigenvalue weighted by molar-refractivity contribution is 0.0762. The minimum atomic E-state index is -0.266. The highest BCUT2D eigenvalue weighted by atomic mass is 27.1. The van der Waals surface area contributed by atoms with Crippen LogP contribution >= 0.6 is 0 Å². The number of imide groups is 1. The number of amides is 2. The van der Waals surface area contributed by atoms with E-state index in [-0.39, 0.29) is 27.3 Å². The number of nitrogens with zero attached hydrogens (tertiary/aromatic N) is 1. The van der Waals surface area contributed by atoms with Crippen molar-refractivity contribution in [2.75, 3.05) is 0 Å². The first-order valence-corrected chi connectivity index (χ1v) is 5.69. The van der Waals surface area contributed by atoms with E-state index in [2.05, 4.69) is 0 Å². The van der Waals surface area contributed by atoms with Gasteiger partial charge in [-0.15, -0.1) is 0 Å². The van der Waals surface area contributed by atoms with E-state index in [4.69, 9.17) is 0 Å². The molecule has 0 fully saturated rings. The van der Waals surface area contributed by atoms with Gasteiger partial charge in [0.15, 0.2) is 0 Å². The van der Waals surface area contributed by atoms with Gasteiger partial charge in [0.1, 0.15) is 0 Å². The van der Waals surface area contributed by atoms with Gasteiger partial charge in [-0.25, -0.2) is 0 Å². The van der Waals surface area contributed by atoms with Crippen LogP contribution in [0, 0.1) is 0 Å². The Morgan fingerprint density at radius 1 is 1.08 bits per heavy atom. The average molecular weight is 188 g/mol. The smallest absolute Gasteiger partial charge is 0.379 e. The molecule has 0 bridgehead atoms. The predicted molar refractivity (Wildman–Crippen MR) is 48.6 cm³/mol. The highest BCUT2D eigenvalue weighted by Crippen LogP contribution is 2.20. The maximum Gasteiger partial charge on any atom is 0.384 e. The van der Waals surface area contributed by atoms with E-state index in [9.17, 15) is 9.59 Å². The van der Waals surface area contributed by atoms with Crippen LogP contribution in [-0.2, 0) is 0 Å². The number of fused-ring (bicyclic) bond motifs is 1. The van der Waals surface area contributed by atoms with Crippen LogP contribution in [0.4, 0.5) is 0 Å². The van der Waals surface area contributed by atoms with Crippen molar-refractivity contribution in [1.82, 2.24) is 3.88 Å². The molecule has 0 unspecified atom stereocenters. The highest BCUT2D eigenvalue weighted by Gasteiger charge is 2.32. The SMILES string of the molecule is [CH3][Al][N]1C(=O)c2ccccc2C1=O. The van der Waals surface area contributed by atoms with Gasteiger partial charge in [-0.3, -0.25) is 9.59 Å². The number of carbonyl (C=O) groups is 2. The normalized spacial score (nSPS) is 14.7. The van der Waals surface area contributed by atoms with Crippen LogP contribution in [0.15, 0.2) is 24.3 Å². The van der Waals surface area contributed by atoms with Gasteiger partial charge in [0.25, 0.3) is 0 Å². The molecule has 1 aliphatic heterocycles. The summed E-state index contributed by atoms with van der Waals surface area (Å²) >= 11 is -0.266. The summed E-state index contributed by atoms with van der Waals surface area (Å²) in [5, 5.41) is 0. The Hall–Kier alpha value is -1.11. The molecule has 2 amide bonds. The molecule has 0 N–H and O–H groups in total. The molecule has 1 radical (unpaired) electrons. The lowest BCUT2D eigenvalue weighted by Crippen LogP contribution is -2.31. The van der Waals surface area contributed by atoms with E-state index >= 15 is 0 Å². The average Bonchev–Trinajstić information content (AvgIpc) is 2.41. The van der Waals surface area contributed by atoms with E-state index in [1.807, 2.05) is 5.79 Å². The third-order valence-electron chi connectivity index (χ3n) is 2.08. The van der Waals surface area contributed by atoms with Crippen LogP contribution in [0.1, 0.15) is 20.7 Å². The van der Waals surface area contributed by atoms with Gasteiger partial charge in [0.05, 0.1) is 11.1 Å². The Morgan fingerprint density at radius 2 is 1.54 bits per heavy atom. The molecule has 2 rings (SSSR count). The number of benzene rings is 1. The summed E-state index contributed by atoms with van der Waals surface area (Å²) in [6, 6.07) is 6.95. The van der Waals surface area contributed by atoms with Gasteiger partial charge in [0.2, 0.25) is 11.8 Å². The molecule has 0 saturated carbocycles. The Kier molecular flexibility index (Phi) is 1.95. The van der Waals surface area contributed by atoms with Gasteiger partial charge < -0.3 is 3.88 Å². The molecule has 63 valence electrons. The summed E-state index contributed by atoms with van der Waals surface area (Å²) in [4.78, 5) is 23.1. The van der Waals surface area contributed by atoms with Crippen molar-refractivity contribution in [3.8, 4) is 0 Å². The van der Waals surface area contributed by atoms with Gasteiger partial charge in [-0.1, -0.05) is 17.9 Å². The van der Waals surface area contributed by atoms with Crippen LogP contribution in [0.25, 0.3) is 0 Å². The zero-order valence-corrected chi connectivity index (χ0v) is 8.31. The molecule has 1 aromatic rings. The van der Waals surface area contributed by atoms with Crippen LogP contribution in [0.3, 0.4) is 0 Å². The summed E-state index contributed by atoms with van der Waals surface area (Å²) in [5.74, 6) is 1.60. The Balaban J connectivity index is 2.57. The Bertz CT molecular complexity index is 354. The molecule has 4 heteroatoms. The van der Waals surface area contributed by atoms with E-state index in [1.165, 1.54) is 3.88 Å². The molecule has 13 heavy (non-hydrogen) atoms. The molecule has 1 aromatic carbocycles. The molecule has 0 spiro atoms. The second kappa shape index (κ2) is 2.99. The fourth-order valence-corrected chi connectivity index (χ4v) is 2.19. The van der Waals surface area contributed by atoms with Crippen molar-refractivity contribution in [2.24, 2.45) is 0 Å². The third kappa shape index (κ3) is 1.11. The van der Waals surface area contributed by atoms with Crippen LogP contribution in [-0.4, -0.2) is 31.1 Å². The van der Waals surface area contributed by atoms with Gasteiger partial charge in [0, 0.05) is 0 Å². The van der Waals surface area contributed by atoms with Gasteiger partial charge in [-0.2, -0.15) is 0 Å². The molecule has 0 atom stereocenters. The van der Waals surface area contributed by atoms with E-state index in [0.717, 1.165) is 0 Å². The Morgan fingerprint density at radius 3 is 1.92 bits per heavy atom. The molecular weight excluding hydrogens is 181 g/mol. The quantitative estimate of drug-likeness (QED) is 0.486. The summed E-state index contributed by atoms with van der Waals surface area (Å²) in [7, 11) is 0. The lowest BCUT2D eigenvalue weighted by atomic mass is 10.1. The minimum absolute atomic E-state index is 0.141. The fraction of sp³-hybridized carbons (Fsp3) is 0.111. The van der Waals surface area contributed by atoms with E-state index in [0.29, 0.717) is 11.1 Å². The first-order chi connectivity index (χ1) is 6.25. The van der Waals surface area contributed by atoms with Crippen molar-refractivity contribution in [3.05, 3.63) is 35.4 Å². The highest BCUT2D eigenvalue weighted by molar-refractivity contribution is 6.47. The monoisotopic (exact) mass is 188 g/mol. The summed E-state index contributed by atoms with van der Waals surface area (Å²) in [5.41, 5.74) is 1.09. The number of hydrogen-bond donors (Lipinski definition) is 0. The summed E-state index contributed by atoms with van der Waals surface area (Å²) in [6.07, 6.45) is 0. The summed E-state index contributed by atoms with van der Waals surface area (Å²) in [6.45, 7) is 0. The van der Waals surface area contributed by atoms with Crippen molar-refractivity contribution >= 4 is 27.3 Å². The fourth-order valence-electron chi connectivity index (χ4n) is 1.44. The molecule has 0 saturated heterocycles. The Labute approximate surface area is 82.3 Å². The van der Waals surface area contributed by atoms with Crippen LogP contribution < -0.4 is 0 Å². The maximum atomic E-state index is 11.6. The van der Waals surface area contributed by atoms with Gasteiger partial charge in [-0.05, 0) is 12.1 Å². The second-order valence-electron chi connectivity index (χ2n) is 2.78. The van der Waals surface area contributed by atoms with Crippen molar-refractivity contribution in [1.29, 1.82) is 0 Å². The van der Waals surface area contributed by atoms with Crippen LogP contribution in [0.5, 0.6) is 0 Å². The first-order valence-electron chi connectivity index (χ1n) is 4.02. The number of hydrogen-bond acceptors (Lipinski definition) is 2. The molecule has 1 aliphatic rings. The molecule has 0 aliphatic carbocycles. The number of rotatable bonds is 1. The standard InChI is InChI=1S/C8H5NO2.CH3.Al/c10-7-5-3-1-2-4-6(5)8(11)9-7;;/h1-4H,(H,9,10,11);1H3;/q;;+1/p-1. The first kappa shape index (κ1) is 8.49. The molecule has 1 heterocycles. The lowest BCUT2D eigenvalue weighted by Gasteiger charge is -2.09. The van der Waals surface area contributed by atoms with Crippen LogP contribution in [0.2, 0.25) is 5.79 Å². The van der Waals surface area contributed by atoms with Crippen molar-refractivity contribution < 1.29 is 9.59 Å². The summed E-state index contributed by atoms with van der Waals surface area (Å²) < 4.78 is 1.34. The van der Waals surface area contributed by atoms with E-state index < -0.39 is 0 Å². The van der Waals surface area contributed by atoms with E-state index in [1.54, 1.807) is 24.3 Å². The molecule has 0 aromatic heterocycles. The maximum absolute atomic E-state index is 11.6. The molecular formula is C9H7AlNO2. The third-order valence-corrected chi connectivity index (χ3v) is 3.07. The number of carbonyl (C=O) groups excluding carboxylic acids is 2. The second-order valence-corrected chi connectivity index (χ2v) is 3.82. The topological polar surface area (TPSA) is 37.4 Å². The predicted octanol–water partition coefficient (Wildman–Crippen LogP) is 0.950. The zero-order valence-electron chi connectivity index (χ0n) is 7.15. The van der Waals surface area contributed by atoms with Gasteiger partial charge >= 0.3 is 15.4 Å². The zero-order chi connectivity index (χ0) is 9.42. The molecule has 3 nitrogen and oxygen atoms in total.